The molecule has 39 heavy (non-hydrogen) atoms. The van der Waals surface area contributed by atoms with Crippen molar-refractivity contribution in [2.24, 2.45) is 7.05 Å². The minimum atomic E-state index is -4.10. The summed E-state index contributed by atoms with van der Waals surface area (Å²) in [5.74, 6) is 1.48. The van der Waals surface area contributed by atoms with Crippen molar-refractivity contribution in [1.82, 2.24) is 44.5 Å². The van der Waals surface area contributed by atoms with Crippen LogP contribution in [0.25, 0.3) is 11.5 Å². The van der Waals surface area contributed by atoms with Crippen LogP contribution in [0.4, 0.5) is 5.95 Å². The van der Waals surface area contributed by atoms with E-state index in [-0.39, 0.29) is 17.9 Å². The van der Waals surface area contributed by atoms with E-state index >= 15 is 0 Å². The number of ether oxygens (including phenoxy) is 2. The number of rotatable bonds is 11. The van der Waals surface area contributed by atoms with Gasteiger partial charge in [0.05, 0.1) is 19.3 Å². The summed E-state index contributed by atoms with van der Waals surface area (Å²) >= 11 is 0. The zero-order valence-corrected chi connectivity index (χ0v) is 23.7. The Morgan fingerprint density at radius 1 is 1.03 bits per heavy atom. The van der Waals surface area contributed by atoms with Gasteiger partial charge in [0.1, 0.15) is 29.2 Å². The summed E-state index contributed by atoms with van der Waals surface area (Å²) in [5.41, 5.74) is 1.28. The van der Waals surface area contributed by atoms with E-state index in [4.69, 9.17) is 9.47 Å². The Morgan fingerprint density at radius 2 is 1.74 bits per heavy atom. The number of nitrogens with zero attached hydrogens (tertiary/aromatic N) is 9. The molecule has 0 bridgehead atoms. The van der Waals surface area contributed by atoms with Gasteiger partial charge in [-0.1, -0.05) is 6.07 Å². The molecule has 4 aromatic heterocycles. The van der Waals surface area contributed by atoms with Gasteiger partial charge >= 0.3 is 0 Å². The molecule has 15 heteroatoms. The van der Waals surface area contributed by atoms with Gasteiger partial charge in [0, 0.05) is 25.5 Å². The summed E-state index contributed by atoms with van der Waals surface area (Å²) in [7, 11) is -0.848. The average Bonchev–Trinajstić information content (AvgIpc) is 3.52. The first-order chi connectivity index (χ1) is 18.5. The van der Waals surface area contributed by atoms with Gasteiger partial charge in [-0.3, -0.25) is 14.0 Å². The van der Waals surface area contributed by atoms with Gasteiger partial charge in [-0.15, -0.1) is 10.2 Å². The van der Waals surface area contributed by atoms with Gasteiger partial charge in [0.15, 0.2) is 11.6 Å². The Labute approximate surface area is 226 Å². The van der Waals surface area contributed by atoms with Crippen LogP contribution in [-0.2, 0) is 21.8 Å². The van der Waals surface area contributed by atoms with Crippen molar-refractivity contribution in [2.75, 3.05) is 11.8 Å². The van der Waals surface area contributed by atoms with Crippen molar-refractivity contribution < 1.29 is 17.9 Å². The van der Waals surface area contributed by atoms with Gasteiger partial charge in [0.25, 0.3) is 0 Å². The predicted molar refractivity (Wildman–Crippen MR) is 142 cm³/mol. The van der Waals surface area contributed by atoms with Gasteiger partial charge in [-0.2, -0.15) is 5.10 Å². The van der Waals surface area contributed by atoms with Crippen LogP contribution in [0.3, 0.4) is 0 Å². The first-order valence-corrected chi connectivity index (χ1v) is 13.8. The third-order valence-corrected chi connectivity index (χ3v) is 7.68. The highest BCUT2D eigenvalue weighted by molar-refractivity contribution is 7.93. The summed E-state index contributed by atoms with van der Waals surface area (Å²) < 4.78 is 44.5. The highest BCUT2D eigenvalue weighted by atomic mass is 32.2. The highest BCUT2D eigenvalue weighted by Crippen LogP contribution is 2.31. The number of hydrogen-bond acceptors (Lipinski definition) is 11. The van der Waals surface area contributed by atoms with Crippen LogP contribution in [0.1, 0.15) is 57.1 Å². The molecule has 0 aromatic carbocycles. The summed E-state index contributed by atoms with van der Waals surface area (Å²) in [5, 5.41) is 11.5. The van der Waals surface area contributed by atoms with E-state index in [0.717, 1.165) is 5.56 Å². The topological polar surface area (TPSA) is 165 Å². The minimum Gasteiger partial charge on any atom is -0.481 e. The molecule has 14 nitrogen and oxygen atoms in total. The van der Waals surface area contributed by atoms with Crippen LogP contribution in [0.2, 0.25) is 0 Å². The van der Waals surface area contributed by atoms with Crippen molar-refractivity contribution in [3.63, 3.8) is 0 Å². The van der Waals surface area contributed by atoms with Gasteiger partial charge < -0.3 is 9.47 Å². The second-order valence-corrected chi connectivity index (χ2v) is 11.3. The normalized spacial score (nSPS) is 14.3. The van der Waals surface area contributed by atoms with Crippen molar-refractivity contribution >= 4 is 16.0 Å². The molecule has 0 aliphatic heterocycles. The molecule has 208 valence electrons. The van der Waals surface area contributed by atoms with Crippen LogP contribution in [0.15, 0.2) is 36.9 Å². The summed E-state index contributed by atoms with van der Waals surface area (Å²) in [6.07, 6.45) is 3.45. The molecule has 3 atom stereocenters. The van der Waals surface area contributed by atoms with Crippen LogP contribution in [0.5, 0.6) is 5.88 Å². The average molecular weight is 557 g/mol. The molecule has 4 rings (SSSR count). The monoisotopic (exact) mass is 556 g/mol. The first-order valence-electron chi connectivity index (χ1n) is 12.3. The maximum absolute atomic E-state index is 13.7. The van der Waals surface area contributed by atoms with Gasteiger partial charge in [-0.25, -0.2) is 28.4 Å². The van der Waals surface area contributed by atoms with E-state index < -0.39 is 27.4 Å². The lowest BCUT2D eigenvalue weighted by molar-refractivity contribution is 0.00152. The number of hydrogen-bond donors (Lipinski definition) is 1. The molecule has 0 fully saturated rings. The quantitative estimate of drug-likeness (QED) is 0.288. The Bertz CT molecular complexity index is 1520. The minimum absolute atomic E-state index is 0.0231. The van der Waals surface area contributed by atoms with E-state index in [0.29, 0.717) is 23.2 Å². The van der Waals surface area contributed by atoms with E-state index in [9.17, 15) is 8.42 Å². The van der Waals surface area contributed by atoms with Crippen molar-refractivity contribution in [3.8, 4) is 17.4 Å². The van der Waals surface area contributed by atoms with Crippen LogP contribution in [-0.4, -0.2) is 71.4 Å². The Hall–Kier alpha value is -3.98. The molecule has 0 radical (unpaired) electrons. The Balaban J connectivity index is 1.76. The van der Waals surface area contributed by atoms with Gasteiger partial charge in [-0.05, 0) is 46.2 Å². The third kappa shape index (κ3) is 6.04. The number of anilines is 1. The maximum atomic E-state index is 13.7. The first kappa shape index (κ1) is 28.0. The van der Waals surface area contributed by atoms with E-state index in [1.165, 1.54) is 20.4 Å². The number of pyridine rings is 1. The molecule has 4 heterocycles. The second-order valence-electron chi connectivity index (χ2n) is 9.28. The number of nitrogens with one attached hydrogen (secondary N) is 1. The molecule has 0 aliphatic carbocycles. The number of aryl methyl sites for hydroxylation is 2. The number of methoxy groups -OCH3 is 1. The number of aromatic nitrogens is 9. The zero-order chi connectivity index (χ0) is 28.3. The van der Waals surface area contributed by atoms with E-state index in [2.05, 4.69) is 40.0 Å². The predicted octanol–water partition coefficient (Wildman–Crippen LogP) is 2.48. The zero-order valence-electron chi connectivity index (χ0n) is 22.8. The summed E-state index contributed by atoms with van der Waals surface area (Å²) in [6.45, 7) is 8.86. The molecule has 4 aromatic rings. The fraction of sp³-hybridized carbons (Fsp3) is 0.458. The Kier molecular flexibility index (Phi) is 8.20. The number of sulfonamides is 1. The third-order valence-electron chi connectivity index (χ3n) is 5.99. The van der Waals surface area contributed by atoms with Crippen molar-refractivity contribution in [1.29, 1.82) is 0 Å². The SMILES string of the molecule is COc1cccc(-c2nnc(NS(=O)(=O)[C@@H](C)[C@@H](OC(C)C)c3ncc(C)cn3)n2[C@H](C)c2ncnn2C)n1. The van der Waals surface area contributed by atoms with E-state index in [1.807, 2.05) is 27.7 Å². The summed E-state index contributed by atoms with van der Waals surface area (Å²) in [4.78, 5) is 17.4. The molecule has 0 amide bonds. The molecular formula is C24H32N10O4S. The lowest BCUT2D eigenvalue weighted by Crippen LogP contribution is -2.35. The Morgan fingerprint density at radius 3 is 2.36 bits per heavy atom. The lowest BCUT2D eigenvalue weighted by atomic mass is 10.2. The largest absolute Gasteiger partial charge is 0.481 e. The molecule has 1 N–H and O–H groups in total. The highest BCUT2D eigenvalue weighted by Gasteiger charge is 2.36. The fourth-order valence-corrected chi connectivity index (χ4v) is 5.05. The van der Waals surface area contributed by atoms with E-state index in [1.54, 1.807) is 46.9 Å². The second kappa shape index (κ2) is 11.4. The van der Waals surface area contributed by atoms with Crippen LogP contribution in [0, 0.1) is 6.92 Å². The maximum Gasteiger partial charge on any atom is 0.240 e. The molecule has 0 unspecified atom stereocenters. The molecule has 0 aliphatic rings. The molecular weight excluding hydrogens is 524 g/mol. The smallest absolute Gasteiger partial charge is 0.240 e. The van der Waals surface area contributed by atoms with Crippen molar-refractivity contribution in [3.05, 3.63) is 54.1 Å². The standard InChI is InChI=1S/C24H32N10O4S/c1-14(2)38-20(21-25-11-15(3)12-26-21)17(5)39(35,36)32-24-31-30-23(18-9-8-10-19(29-18)37-7)34(24)16(4)22-27-13-28-33(22)6/h8-14,16-17,20H,1-7H3,(H,31,32)/t16-,17+,20-/m1/s1. The van der Waals surface area contributed by atoms with Crippen molar-refractivity contribution in [2.45, 2.75) is 58.1 Å². The fourth-order valence-electron chi connectivity index (χ4n) is 3.96. The molecule has 0 spiro atoms. The lowest BCUT2D eigenvalue weighted by Gasteiger charge is -2.26. The molecule has 0 saturated carbocycles. The van der Waals surface area contributed by atoms with Gasteiger partial charge in [0.2, 0.25) is 21.9 Å². The molecule has 0 saturated heterocycles. The summed E-state index contributed by atoms with van der Waals surface area (Å²) in [6, 6.07) is 4.67. The van der Waals surface area contributed by atoms with Crippen LogP contribution < -0.4 is 9.46 Å². The van der Waals surface area contributed by atoms with Crippen LogP contribution >= 0.6 is 0 Å².